The highest BCUT2D eigenvalue weighted by atomic mass is 15.0. The fourth-order valence-electron chi connectivity index (χ4n) is 2.31. The molecule has 0 radical (unpaired) electrons. The SMILES string of the molecule is CCCNCc1cccn1Cc1cc(C)ccc1C. The molecule has 1 heterocycles. The van der Waals surface area contributed by atoms with Crippen molar-refractivity contribution in [2.24, 2.45) is 0 Å². The van der Waals surface area contributed by atoms with Crippen molar-refractivity contribution < 1.29 is 0 Å². The van der Waals surface area contributed by atoms with Gasteiger partial charge in [-0.15, -0.1) is 0 Å². The van der Waals surface area contributed by atoms with Crippen molar-refractivity contribution in [3.63, 3.8) is 0 Å². The zero-order valence-electron chi connectivity index (χ0n) is 12.2. The van der Waals surface area contributed by atoms with E-state index in [1.807, 2.05) is 0 Å². The standard InChI is InChI=1S/C17H24N2/c1-4-9-18-12-17-6-5-10-19(17)13-16-11-14(2)7-8-15(16)3/h5-8,10-11,18H,4,9,12-13H2,1-3H3. The molecule has 0 aliphatic heterocycles. The average molecular weight is 256 g/mol. The minimum absolute atomic E-state index is 0.950. The maximum absolute atomic E-state index is 3.47. The van der Waals surface area contributed by atoms with Crippen LogP contribution in [0.5, 0.6) is 0 Å². The summed E-state index contributed by atoms with van der Waals surface area (Å²) in [5.41, 5.74) is 5.47. The van der Waals surface area contributed by atoms with E-state index in [-0.39, 0.29) is 0 Å². The van der Waals surface area contributed by atoms with Gasteiger partial charge in [0.05, 0.1) is 0 Å². The van der Waals surface area contributed by atoms with Crippen LogP contribution in [0, 0.1) is 13.8 Å². The van der Waals surface area contributed by atoms with E-state index in [1.54, 1.807) is 0 Å². The van der Waals surface area contributed by atoms with Crippen LogP contribution in [0.25, 0.3) is 0 Å². The van der Waals surface area contributed by atoms with E-state index in [2.05, 4.69) is 67.2 Å². The quantitative estimate of drug-likeness (QED) is 0.781. The zero-order chi connectivity index (χ0) is 13.7. The third-order valence-corrected chi connectivity index (χ3v) is 3.50. The topological polar surface area (TPSA) is 17.0 Å². The molecule has 2 rings (SSSR count). The number of aromatic nitrogens is 1. The molecule has 1 aromatic heterocycles. The summed E-state index contributed by atoms with van der Waals surface area (Å²) in [5.74, 6) is 0. The molecule has 0 aliphatic rings. The summed E-state index contributed by atoms with van der Waals surface area (Å²) in [4.78, 5) is 0. The lowest BCUT2D eigenvalue weighted by molar-refractivity contribution is 0.629. The van der Waals surface area contributed by atoms with Gasteiger partial charge < -0.3 is 9.88 Å². The third kappa shape index (κ3) is 3.71. The molecule has 0 amide bonds. The first-order chi connectivity index (χ1) is 9.20. The summed E-state index contributed by atoms with van der Waals surface area (Å²) in [5, 5.41) is 3.47. The summed E-state index contributed by atoms with van der Waals surface area (Å²) < 4.78 is 2.34. The molecule has 2 aromatic rings. The highest BCUT2D eigenvalue weighted by Gasteiger charge is 2.04. The van der Waals surface area contributed by atoms with E-state index >= 15 is 0 Å². The van der Waals surface area contributed by atoms with E-state index in [0.717, 1.165) is 19.6 Å². The van der Waals surface area contributed by atoms with E-state index < -0.39 is 0 Å². The van der Waals surface area contributed by atoms with Crippen LogP contribution in [0.4, 0.5) is 0 Å². The Morgan fingerprint density at radius 2 is 2.00 bits per heavy atom. The Hall–Kier alpha value is -1.54. The van der Waals surface area contributed by atoms with E-state index in [9.17, 15) is 0 Å². The van der Waals surface area contributed by atoms with E-state index in [4.69, 9.17) is 0 Å². The molecule has 19 heavy (non-hydrogen) atoms. The molecular weight excluding hydrogens is 232 g/mol. The van der Waals surface area contributed by atoms with Crippen LogP contribution in [0.1, 0.15) is 35.7 Å². The van der Waals surface area contributed by atoms with Gasteiger partial charge in [0.1, 0.15) is 0 Å². The molecule has 0 fully saturated rings. The second-order valence-electron chi connectivity index (χ2n) is 5.23. The van der Waals surface area contributed by atoms with Gasteiger partial charge in [0.15, 0.2) is 0 Å². The molecule has 1 aromatic carbocycles. The molecule has 0 aliphatic carbocycles. The summed E-state index contributed by atoms with van der Waals surface area (Å²) >= 11 is 0. The number of aryl methyl sites for hydroxylation is 2. The van der Waals surface area contributed by atoms with E-state index in [1.165, 1.54) is 28.8 Å². The Morgan fingerprint density at radius 3 is 2.79 bits per heavy atom. The molecular formula is C17H24N2. The Kier molecular flexibility index (Phi) is 4.80. The summed E-state index contributed by atoms with van der Waals surface area (Å²) in [6, 6.07) is 11.0. The molecule has 0 spiro atoms. The van der Waals surface area contributed by atoms with Gasteiger partial charge in [-0.25, -0.2) is 0 Å². The Bertz CT molecular complexity index is 526. The van der Waals surface area contributed by atoms with Crippen LogP contribution < -0.4 is 5.32 Å². The van der Waals surface area contributed by atoms with Crippen molar-refractivity contribution in [2.75, 3.05) is 6.54 Å². The second-order valence-corrected chi connectivity index (χ2v) is 5.23. The number of benzene rings is 1. The Labute approximate surface area is 116 Å². The van der Waals surface area contributed by atoms with Gasteiger partial charge in [0.25, 0.3) is 0 Å². The van der Waals surface area contributed by atoms with Crippen molar-refractivity contribution in [2.45, 2.75) is 40.3 Å². The lowest BCUT2D eigenvalue weighted by atomic mass is 10.1. The van der Waals surface area contributed by atoms with Gasteiger partial charge in [-0.1, -0.05) is 30.7 Å². The minimum atomic E-state index is 0.950. The molecule has 0 unspecified atom stereocenters. The highest BCUT2D eigenvalue weighted by molar-refractivity contribution is 5.31. The van der Waals surface area contributed by atoms with Crippen molar-refractivity contribution in [1.29, 1.82) is 0 Å². The molecule has 0 bridgehead atoms. The molecule has 2 nitrogen and oxygen atoms in total. The van der Waals surface area contributed by atoms with Gasteiger partial charge in [-0.3, -0.25) is 0 Å². The maximum Gasteiger partial charge on any atom is 0.0476 e. The fraction of sp³-hybridized carbons (Fsp3) is 0.412. The normalized spacial score (nSPS) is 10.9. The van der Waals surface area contributed by atoms with Crippen LogP contribution in [0.3, 0.4) is 0 Å². The van der Waals surface area contributed by atoms with Gasteiger partial charge in [-0.2, -0.15) is 0 Å². The van der Waals surface area contributed by atoms with Crippen LogP contribution in [0.15, 0.2) is 36.5 Å². The number of hydrogen-bond donors (Lipinski definition) is 1. The molecule has 0 saturated carbocycles. The van der Waals surface area contributed by atoms with Crippen LogP contribution in [-0.4, -0.2) is 11.1 Å². The molecule has 2 heteroatoms. The van der Waals surface area contributed by atoms with Gasteiger partial charge >= 0.3 is 0 Å². The largest absolute Gasteiger partial charge is 0.346 e. The lowest BCUT2D eigenvalue weighted by Gasteiger charge is -2.12. The van der Waals surface area contributed by atoms with Crippen molar-refractivity contribution in [3.8, 4) is 0 Å². The van der Waals surface area contributed by atoms with Crippen LogP contribution >= 0.6 is 0 Å². The Balaban J connectivity index is 2.10. The van der Waals surface area contributed by atoms with E-state index in [0.29, 0.717) is 0 Å². The monoisotopic (exact) mass is 256 g/mol. The lowest BCUT2D eigenvalue weighted by Crippen LogP contribution is -2.17. The summed E-state index contributed by atoms with van der Waals surface area (Å²) in [6.45, 7) is 9.53. The second kappa shape index (κ2) is 6.58. The molecule has 102 valence electrons. The highest BCUT2D eigenvalue weighted by Crippen LogP contribution is 2.14. The average Bonchev–Trinajstić information content (AvgIpc) is 2.82. The smallest absolute Gasteiger partial charge is 0.0476 e. The molecule has 0 atom stereocenters. The van der Waals surface area contributed by atoms with Crippen molar-refractivity contribution >= 4 is 0 Å². The fourth-order valence-corrected chi connectivity index (χ4v) is 2.31. The van der Waals surface area contributed by atoms with Crippen molar-refractivity contribution in [1.82, 2.24) is 9.88 Å². The van der Waals surface area contributed by atoms with Crippen LogP contribution in [0.2, 0.25) is 0 Å². The van der Waals surface area contributed by atoms with Gasteiger partial charge in [-0.05, 0) is 50.1 Å². The number of nitrogens with one attached hydrogen (secondary N) is 1. The van der Waals surface area contributed by atoms with Crippen molar-refractivity contribution in [3.05, 3.63) is 58.9 Å². The first kappa shape index (κ1) is 13.9. The number of rotatable bonds is 6. The first-order valence-corrected chi connectivity index (χ1v) is 7.11. The summed E-state index contributed by atoms with van der Waals surface area (Å²) in [6.07, 6.45) is 3.35. The van der Waals surface area contributed by atoms with Crippen LogP contribution in [-0.2, 0) is 13.1 Å². The maximum atomic E-state index is 3.47. The third-order valence-electron chi connectivity index (χ3n) is 3.50. The van der Waals surface area contributed by atoms with Gasteiger partial charge in [0.2, 0.25) is 0 Å². The number of hydrogen-bond acceptors (Lipinski definition) is 1. The number of nitrogens with zero attached hydrogens (tertiary/aromatic N) is 1. The predicted octanol–water partition coefficient (Wildman–Crippen LogP) is 3.65. The molecule has 0 saturated heterocycles. The zero-order valence-corrected chi connectivity index (χ0v) is 12.2. The van der Waals surface area contributed by atoms with Gasteiger partial charge in [0, 0.05) is 25.0 Å². The Morgan fingerprint density at radius 1 is 1.16 bits per heavy atom. The predicted molar refractivity (Wildman–Crippen MR) is 81.4 cm³/mol. The minimum Gasteiger partial charge on any atom is -0.346 e. The first-order valence-electron chi connectivity index (χ1n) is 7.11. The molecule has 1 N–H and O–H groups in total. The summed E-state index contributed by atoms with van der Waals surface area (Å²) in [7, 11) is 0.